The number of hydrogen-bond acceptors (Lipinski definition) is 4. The Kier molecular flexibility index (Phi) is 4.68. The smallest absolute Gasteiger partial charge is 0.145 e. The maximum absolute atomic E-state index is 5.39. The zero-order chi connectivity index (χ0) is 14.5. The van der Waals surface area contributed by atoms with E-state index >= 15 is 0 Å². The van der Waals surface area contributed by atoms with Gasteiger partial charge in [0.2, 0.25) is 0 Å². The van der Waals surface area contributed by atoms with Gasteiger partial charge < -0.3 is 14.8 Å². The first-order valence-corrected chi connectivity index (χ1v) is 7.58. The zero-order valence-corrected chi connectivity index (χ0v) is 12.5. The largest absolute Gasteiger partial charge is 0.494 e. The molecule has 21 heavy (non-hydrogen) atoms. The molecule has 0 unspecified atom stereocenters. The molecule has 1 aromatic carbocycles. The lowest BCUT2D eigenvalue weighted by Gasteiger charge is -2.22. The lowest BCUT2D eigenvalue weighted by atomic mass is 10.0. The first-order chi connectivity index (χ1) is 10.4. The molecule has 0 saturated carbocycles. The molecule has 0 bridgehead atoms. The Labute approximate surface area is 125 Å². The van der Waals surface area contributed by atoms with Crippen molar-refractivity contribution in [2.24, 2.45) is 5.92 Å². The number of pyridine rings is 1. The van der Waals surface area contributed by atoms with Crippen molar-refractivity contribution in [3.8, 4) is 5.75 Å². The van der Waals surface area contributed by atoms with E-state index in [2.05, 4.69) is 23.5 Å². The van der Waals surface area contributed by atoms with Gasteiger partial charge in [0.1, 0.15) is 11.3 Å². The highest BCUT2D eigenvalue weighted by atomic mass is 16.5. The fourth-order valence-corrected chi connectivity index (χ4v) is 2.78. The van der Waals surface area contributed by atoms with Crippen molar-refractivity contribution in [2.75, 3.05) is 26.9 Å². The monoisotopic (exact) mass is 286 g/mol. The van der Waals surface area contributed by atoms with Crippen LogP contribution in [0.4, 0.5) is 0 Å². The molecule has 1 aliphatic rings. The van der Waals surface area contributed by atoms with Crippen molar-refractivity contribution >= 4 is 10.9 Å². The molecule has 0 spiro atoms. The van der Waals surface area contributed by atoms with Crippen LogP contribution >= 0.6 is 0 Å². The van der Waals surface area contributed by atoms with Crippen molar-refractivity contribution in [3.63, 3.8) is 0 Å². The molecule has 1 fully saturated rings. The summed E-state index contributed by atoms with van der Waals surface area (Å²) in [5.41, 5.74) is 1.99. The summed E-state index contributed by atoms with van der Waals surface area (Å²) in [5.74, 6) is 1.56. The van der Waals surface area contributed by atoms with Crippen LogP contribution in [0.3, 0.4) is 0 Å². The fourth-order valence-electron chi connectivity index (χ4n) is 2.78. The van der Waals surface area contributed by atoms with Gasteiger partial charge in [0, 0.05) is 25.1 Å². The summed E-state index contributed by atoms with van der Waals surface area (Å²) in [5, 5.41) is 4.63. The van der Waals surface area contributed by atoms with E-state index in [9.17, 15) is 0 Å². The van der Waals surface area contributed by atoms with Gasteiger partial charge in [-0.15, -0.1) is 0 Å². The summed E-state index contributed by atoms with van der Waals surface area (Å²) in [7, 11) is 1.69. The normalized spacial score (nSPS) is 16.2. The van der Waals surface area contributed by atoms with E-state index in [-0.39, 0.29) is 0 Å². The van der Waals surface area contributed by atoms with Crippen molar-refractivity contribution in [3.05, 3.63) is 36.0 Å². The van der Waals surface area contributed by atoms with Crippen LogP contribution in [-0.4, -0.2) is 31.9 Å². The van der Waals surface area contributed by atoms with Crippen molar-refractivity contribution in [1.82, 2.24) is 10.3 Å². The summed E-state index contributed by atoms with van der Waals surface area (Å²) >= 11 is 0. The van der Waals surface area contributed by atoms with Gasteiger partial charge in [-0.25, -0.2) is 4.98 Å². The van der Waals surface area contributed by atoms with E-state index in [1.807, 2.05) is 12.1 Å². The summed E-state index contributed by atoms with van der Waals surface area (Å²) in [6, 6.07) is 10.2. The molecule has 1 saturated heterocycles. The second-order valence-corrected chi connectivity index (χ2v) is 5.52. The molecular formula is C17H22N2O2. The Balaban J connectivity index is 1.64. The van der Waals surface area contributed by atoms with E-state index in [4.69, 9.17) is 14.5 Å². The summed E-state index contributed by atoms with van der Waals surface area (Å²) in [6.07, 6.45) is 2.32. The Hall–Kier alpha value is -1.65. The molecule has 0 radical (unpaired) electrons. The van der Waals surface area contributed by atoms with Gasteiger partial charge in [-0.3, -0.25) is 0 Å². The number of aromatic nitrogens is 1. The van der Waals surface area contributed by atoms with E-state index in [1.165, 1.54) is 0 Å². The third kappa shape index (κ3) is 3.52. The number of hydrogen-bond donors (Lipinski definition) is 1. The van der Waals surface area contributed by atoms with Crippen LogP contribution in [0.1, 0.15) is 18.5 Å². The molecule has 4 nitrogen and oxygen atoms in total. The minimum Gasteiger partial charge on any atom is -0.494 e. The van der Waals surface area contributed by atoms with Gasteiger partial charge in [-0.05, 0) is 37.4 Å². The van der Waals surface area contributed by atoms with Gasteiger partial charge in [-0.2, -0.15) is 0 Å². The maximum atomic E-state index is 5.39. The minimum absolute atomic E-state index is 0.730. The predicted octanol–water partition coefficient (Wildman–Crippen LogP) is 2.76. The van der Waals surface area contributed by atoms with Gasteiger partial charge in [-0.1, -0.05) is 18.2 Å². The Morgan fingerprint density at radius 1 is 1.24 bits per heavy atom. The second kappa shape index (κ2) is 6.87. The first-order valence-electron chi connectivity index (χ1n) is 7.58. The lowest BCUT2D eigenvalue weighted by molar-refractivity contribution is 0.0662. The standard InChI is InChI=1S/C17H22N2O2/c1-20-16-4-2-3-14-5-6-15(19-17(14)16)12-18-11-13-7-9-21-10-8-13/h2-6,13,18H,7-12H2,1H3. The van der Waals surface area contributed by atoms with Crippen LogP contribution < -0.4 is 10.1 Å². The molecule has 3 rings (SSSR count). The number of nitrogens with one attached hydrogen (secondary N) is 1. The molecule has 1 aliphatic heterocycles. The van der Waals surface area contributed by atoms with Crippen LogP contribution in [0.5, 0.6) is 5.75 Å². The van der Waals surface area contributed by atoms with Crippen molar-refractivity contribution < 1.29 is 9.47 Å². The minimum atomic E-state index is 0.730. The van der Waals surface area contributed by atoms with E-state index in [0.717, 1.165) is 67.4 Å². The highest BCUT2D eigenvalue weighted by molar-refractivity contribution is 5.84. The Morgan fingerprint density at radius 3 is 2.90 bits per heavy atom. The van der Waals surface area contributed by atoms with Crippen molar-refractivity contribution in [1.29, 1.82) is 0 Å². The molecule has 0 amide bonds. The second-order valence-electron chi connectivity index (χ2n) is 5.52. The fraction of sp³-hybridized carbons (Fsp3) is 0.471. The highest BCUT2D eigenvalue weighted by Gasteiger charge is 2.13. The topological polar surface area (TPSA) is 43.4 Å². The Bertz CT molecular complexity index is 594. The number of rotatable bonds is 5. The molecule has 2 heterocycles. The zero-order valence-electron chi connectivity index (χ0n) is 12.5. The van der Waals surface area contributed by atoms with E-state index < -0.39 is 0 Å². The number of fused-ring (bicyclic) bond motifs is 1. The van der Waals surface area contributed by atoms with Gasteiger partial charge in [0.15, 0.2) is 0 Å². The predicted molar refractivity (Wildman–Crippen MR) is 83.5 cm³/mol. The number of methoxy groups -OCH3 is 1. The molecular weight excluding hydrogens is 264 g/mol. The molecule has 0 atom stereocenters. The highest BCUT2D eigenvalue weighted by Crippen LogP contribution is 2.23. The van der Waals surface area contributed by atoms with Gasteiger partial charge in [0.25, 0.3) is 0 Å². The molecule has 112 valence electrons. The van der Waals surface area contributed by atoms with Crippen LogP contribution in [0.25, 0.3) is 10.9 Å². The number of benzene rings is 1. The van der Waals surface area contributed by atoms with Gasteiger partial charge in [0.05, 0.1) is 12.8 Å². The van der Waals surface area contributed by atoms with Gasteiger partial charge >= 0.3 is 0 Å². The number of ether oxygens (including phenoxy) is 2. The number of para-hydroxylation sites is 1. The lowest BCUT2D eigenvalue weighted by Crippen LogP contribution is -2.27. The summed E-state index contributed by atoms with van der Waals surface area (Å²) in [6.45, 7) is 3.63. The third-order valence-electron chi connectivity index (χ3n) is 4.04. The van der Waals surface area contributed by atoms with Crippen LogP contribution in [0.15, 0.2) is 30.3 Å². The molecule has 0 aliphatic carbocycles. The van der Waals surface area contributed by atoms with E-state index in [0.29, 0.717) is 0 Å². The Morgan fingerprint density at radius 2 is 2.10 bits per heavy atom. The molecule has 1 N–H and O–H groups in total. The van der Waals surface area contributed by atoms with E-state index in [1.54, 1.807) is 7.11 Å². The van der Waals surface area contributed by atoms with Crippen LogP contribution in [0, 0.1) is 5.92 Å². The SMILES string of the molecule is COc1cccc2ccc(CNCC3CCOCC3)nc12. The number of nitrogens with zero attached hydrogens (tertiary/aromatic N) is 1. The van der Waals surface area contributed by atoms with Crippen LogP contribution in [0.2, 0.25) is 0 Å². The summed E-state index contributed by atoms with van der Waals surface area (Å²) in [4.78, 5) is 4.72. The molecule has 4 heteroatoms. The molecule has 1 aromatic heterocycles. The third-order valence-corrected chi connectivity index (χ3v) is 4.04. The van der Waals surface area contributed by atoms with Crippen LogP contribution in [-0.2, 0) is 11.3 Å². The first kappa shape index (κ1) is 14.3. The average molecular weight is 286 g/mol. The van der Waals surface area contributed by atoms with Crippen molar-refractivity contribution in [2.45, 2.75) is 19.4 Å². The quantitative estimate of drug-likeness (QED) is 0.918. The molecule has 2 aromatic rings. The average Bonchev–Trinajstić information content (AvgIpc) is 2.55. The maximum Gasteiger partial charge on any atom is 0.145 e. The summed E-state index contributed by atoms with van der Waals surface area (Å²) < 4.78 is 10.8.